The van der Waals surface area contributed by atoms with Gasteiger partial charge in [-0.3, -0.25) is 15.0 Å². The molecule has 0 aliphatic rings. The van der Waals surface area contributed by atoms with Crippen molar-refractivity contribution in [3.05, 3.63) is 23.3 Å². The molecule has 0 aromatic heterocycles. The summed E-state index contributed by atoms with van der Waals surface area (Å²) < 4.78 is 0. The van der Waals surface area contributed by atoms with Crippen molar-refractivity contribution < 1.29 is 14.7 Å². The topological polar surface area (TPSA) is 104 Å². The van der Waals surface area contributed by atoms with Crippen LogP contribution in [0.5, 0.6) is 5.75 Å². The maximum Gasteiger partial charge on any atom is 0.323 e. The number of hydrogen-bond acceptors (Lipinski definition) is 4. The van der Waals surface area contributed by atoms with Crippen LogP contribution in [0, 0.1) is 0 Å². The molecular weight excluding hydrogens is 306 g/mol. The molecule has 0 aliphatic heterocycles. The molecule has 1 aromatic rings. The molecule has 0 radical (unpaired) electrons. The van der Waals surface area contributed by atoms with E-state index in [-0.39, 0.29) is 16.6 Å². The normalized spacial score (nSPS) is 12.0. The van der Waals surface area contributed by atoms with Crippen LogP contribution in [0.25, 0.3) is 0 Å². The Kier molecular flexibility index (Phi) is 6.00. The number of phenolic OH excluding ortho intramolecular Hbond substituents is 1. The molecule has 0 fully saturated rings. The van der Waals surface area contributed by atoms with E-state index in [9.17, 15) is 14.7 Å². The van der Waals surface area contributed by atoms with Gasteiger partial charge in [0, 0.05) is 16.8 Å². The number of nitrogens with one attached hydrogen (secondary N) is 2. The molecule has 5 N–H and O–H groups in total. The standard InChI is InChI=1S/C18H29N3O3/c1-7-17(3,4)12-9-11(20-15(23)16(24)21-19)10-13(14(12)22)18(5,6)8-2/h9-10,22H,7-8,19H2,1-6H3,(H,20,23)(H,21,24). The molecule has 6 heteroatoms. The molecule has 0 spiro atoms. The zero-order chi connectivity index (χ0) is 18.7. The fourth-order valence-electron chi connectivity index (χ4n) is 2.37. The number of carbonyl (C=O) groups excluding carboxylic acids is 2. The zero-order valence-electron chi connectivity index (χ0n) is 15.4. The first-order valence-corrected chi connectivity index (χ1v) is 8.20. The van der Waals surface area contributed by atoms with Crippen molar-refractivity contribution in [1.82, 2.24) is 5.43 Å². The molecule has 0 atom stereocenters. The van der Waals surface area contributed by atoms with E-state index in [0.29, 0.717) is 5.69 Å². The van der Waals surface area contributed by atoms with Crippen molar-refractivity contribution in [2.24, 2.45) is 5.84 Å². The lowest BCUT2D eigenvalue weighted by atomic mass is 9.75. The summed E-state index contributed by atoms with van der Waals surface area (Å²) in [5, 5.41) is 13.4. The highest BCUT2D eigenvalue weighted by Gasteiger charge is 2.30. The van der Waals surface area contributed by atoms with Crippen LogP contribution < -0.4 is 16.6 Å². The second kappa shape index (κ2) is 7.21. The maximum atomic E-state index is 11.8. The largest absolute Gasteiger partial charge is 0.507 e. The number of amides is 2. The Labute approximate surface area is 143 Å². The second-order valence-electron chi connectivity index (χ2n) is 7.32. The first-order chi connectivity index (χ1) is 11.0. The minimum absolute atomic E-state index is 0.245. The highest BCUT2D eigenvalue weighted by Crippen LogP contribution is 2.43. The lowest BCUT2D eigenvalue weighted by molar-refractivity contribution is -0.136. The lowest BCUT2D eigenvalue weighted by Crippen LogP contribution is -2.39. The molecule has 0 bridgehead atoms. The number of nitrogens with two attached hydrogens (primary N) is 1. The van der Waals surface area contributed by atoms with Gasteiger partial charge in [-0.1, -0.05) is 41.5 Å². The fraction of sp³-hybridized carbons (Fsp3) is 0.556. The van der Waals surface area contributed by atoms with Gasteiger partial charge in [0.2, 0.25) is 0 Å². The van der Waals surface area contributed by atoms with E-state index in [1.165, 1.54) is 0 Å². The summed E-state index contributed by atoms with van der Waals surface area (Å²) >= 11 is 0. The van der Waals surface area contributed by atoms with Crippen LogP contribution in [0.1, 0.15) is 65.5 Å². The van der Waals surface area contributed by atoms with Crippen molar-refractivity contribution in [2.45, 2.75) is 65.2 Å². The molecule has 0 saturated heterocycles. The number of hydrazine groups is 1. The van der Waals surface area contributed by atoms with Gasteiger partial charge in [-0.15, -0.1) is 0 Å². The smallest absolute Gasteiger partial charge is 0.323 e. The summed E-state index contributed by atoms with van der Waals surface area (Å²) in [6, 6.07) is 3.44. The maximum absolute atomic E-state index is 11.8. The van der Waals surface area contributed by atoms with Gasteiger partial charge >= 0.3 is 11.8 Å². The van der Waals surface area contributed by atoms with Gasteiger partial charge in [-0.25, -0.2) is 5.84 Å². The third kappa shape index (κ3) is 4.06. The van der Waals surface area contributed by atoms with E-state index in [1.807, 2.05) is 47.0 Å². The van der Waals surface area contributed by atoms with Crippen molar-refractivity contribution in [3.63, 3.8) is 0 Å². The van der Waals surface area contributed by atoms with E-state index < -0.39 is 11.8 Å². The van der Waals surface area contributed by atoms with Crippen LogP contribution in [0.2, 0.25) is 0 Å². The van der Waals surface area contributed by atoms with Gasteiger partial charge in [0.1, 0.15) is 5.75 Å². The first-order valence-electron chi connectivity index (χ1n) is 8.20. The van der Waals surface area contributed by atoms with Crippen LogP contribution in [-0.4, -0.2) is 16.9 Å². The van der Waals surface area contributed by atoms with Gasteiger partial charge in [-0.2, -0.15) is 0 Å². The average Bonchev–Trinajstić information content (AvgIpc) is 2.54. The monoisotopic (exact) mass is 335 g/mol. The van der Waals surface area contributed by atoms with Gasteiger partial charge < -0.3 is 10.4 Å². The predicted octanol–water partition coefficient (Wildman–Crippen LogP) is 2.70. The Morgan fingerprint density at radius 3 is 1.75 bits per heavy atom. The minimum Gasteiger partial charge on any atom is -0.507 e. The highest BCUT2D eigenvalue weighted by atomic mass is 16.3. The van der Waals surface area contributed by atoms with Crippen molar-refractivity contribution in [3.8, 4) is 5.75 Å². The van der Waals surface area contributed by atoms with Crippen molar-refractivity contribution >= 4 is 17.5 Å². The third-order valence-electron chi connectivity index (χ3n) is 4.93. The second-order valence-corrected chi connectivity index (χ2v) is 7.32. The first kappa shape index (κ1) is 20.0. The Bertz CT molecular complexity index is 599. The molecule has 1 rings (SSSR count). The summed E-state index contributed by atoms with van der Waals surface area (Å²) in [4.78, 5) is 23.2. The number of benzene rings is 1. The Morgan fingerprint density at radius 2 is 1.42 bits per heavy atom. The number of carbonyl (C=O) groups is 2. The van der Waals surface area contributed by atoms with E-state index in [0.717, 1.165) is 24.0 Å². The van der Waals surface area contributed by atoms with E-state index >= 15 is 0 Å². The lowest BCUT2D eigenvalue weighted by Gasteiger charge is -2.31. The SMILES string of the molecule is CCC(C)(C)c1cc(NC(=O)C(=O)NN)cc(C(C)(C)CC)c1O. The van der Waals surface area contributed by atoms with Crippen LogP contribution in [-0.2, 0) is 20.4 Å². The molecule has 134 valence electrons. The van der Waals surface area contributed by atoms with Gasteiger partial charge in [0.15, 0.2) is 0 Å². The van der Waals surface area contributed by atoms with E-state index in [4.69, 9.17) is 5.84 Å². The molecule has 0 aliphatic carbocycles. The van der Waals surface area contributed by atoms with Crippen LogP contribution >= 0.6 is 0 Å². The molecule has 24 heavy (non-hydrogen) atoms. The fourth-order valence-corrected chi connectivity index (χ4v) is 2.37. The number of aromatic hydroxyl groups is 1. The molecule has 0 unspecified atom stereocenters. The van der Waals surface area contributed by atoms with Crippen molar-refractivity contribution in [1.29, 1.82) is 0 Å². The summed E-state index contributed by atoms with van der Waals surface area (Å²) in [5.41, 5.74) is 3.20. The highest BCUT2D eigenvalue weighted by molar-refractivity contribution is 6.39. The molecule has 1 aromatic carbocycles. The summed E-state index contributed by atoms with van der Waals surface area (Å²) in [5.74, 6) is 3.47. The predicted molar refractivity (Wildman–Crippen MR) is 95.7 cm³/mol. The number of anilines is 1. The zero-order valence-corrected chi connectivity index (χ0v) is 15.4. The third-order valence-corrected chi connectivity index (χ3v) is 4.93. The Morgan fingerprint density at radius 1 is 1.00 bits per heavy atom. The Balaban J connectivity index is 3.51. The minimum atomic E-state index is -0.921. The molecular formula is C18H29N3O3. The van der Waals surface area contributed by atoms with Crippen LogP contribution in [0.3, 0.4) is 0 Å². The Hall–Kier alpha value is -2.08. The summed E-state index contributed by atoms with van der Waals surface area (Å²) in [6.45, 7) is 12.2. The quantitative estimate of drug-likeness (QED) is 0.218. The summed E-state index contributed by atoms with van der Waals surface area (Å²) in [7, 11) is 0. The molecule has 0 saturated carbocycles. The van der Waals surface area contributed by atoms with Gasteiger partial charge in [0.25, 0.3) is 0 Å². The number of rotatable bonds is 5. The van der Waals surface area contributed by atoms with E-state index in [2.05, 4.69) is 5.32 Å². The van der Waals surface area contributed by atoms with Gasteiger partial charge in [-0.05, 0) is 35.8 Å². The van der Waals surface area contributed by atoms with Crippen molar-refractivity contribution in [2.75, 3.05) is 5.32 Å². The number of hydrogen-bond donors (Lipinski definition) is 4. The molecule has 6 nitrogen and oxygen atoms in total. The van der Waals surface area contributed by atoms with Gasteiger partial charge in [0.05, 0.1) is 0 Å². The molecule has 2 amide bonds. The van der Waals surface area contributed by atoms with Crippen LogP contribution in [0.4, 0.5) is 5.69 Å². The number of phenols is 1. The van der Waals surface area contributed by atoms with Crippen LogP contribution in [0.15, 0.2) is 12.1 Å². The summed E-state index contributed by atoms with van der Waals surface area (Å²) in [6.07, 6.45) is 1.63. The average molecular weight is 335 g/mol. The molecule has 0 heterocycles. The van der Waals surface area contributed by atoms with E-state index in [1.54, 1.807) is 12.1 Å².